The van der Waals surface area contributed by atoms with Gasteiger partial charge in [-0.25, -0.2) is 9.98 Å². The lowest BCUT2D eigenvalue weighted by molar-refractivity contribution is -0.125. The van der Waals surface area contributed by atoms with E-state index in [4.69, 9.17) is 5.11 Å². The van der Waals surface area contributed by atoms with Crippen LogP contribution in [0.4, 0.5) is 19.1 Å². The molecule has 0 atom stereocenters. The predicted molar refractivity (Wildman–Crippen MR) is 70.9 cm³/mol. The molecule has 1 N–H and O–H groups in total. The van der Waals surface area contributed by atoms with Gasteiger partial charge in [0.15, 0.2) is 10.9 Å². The second-order valence-electron chi connectivity index (χ2n) is 3.74. The summed E-state index contributed by atoms with van der Waals surface area (Å²) in [5.74, 6) is -2.81. The van der Waals surface area contributed by atoms with Gasteiger partial charge in [0.2, 0.25) is 5.76 Å². The van der Waals surface area contributed by atoms with Crippen LogP contribution in [0.2, 0.25) is 0 Å². The number of aliphatic hydroxyl groups excluding tert-OH is 1. The maximum Gasteiger partial charge on any atom is 0.449 e. The summed E-state index contributed by atoms with van der Waals surface area (Å²) in [6, 6.07) is 0. The number of ketones is 1. The number of carbonyl (C=O) groups is 1. The highest BCUT2D eigenvalue weighted by Crippen LogP contribution is 2.26. The normalized spacial score (nSPS) is 13.4. The van der Waals surface area contributed by atoms with Crippen LogP contribution in [0.1, 0.15) is 12.7 Å². The minimum absolute atomic E-state index is 0.152. The van der Waals surface area contributed by atoms with Crippen LogP contribution in [0.25, 0.3) is 0 Å². The average Bonchev–Trinajstić information content (AvgIpc) is 2.36. The number of thioether (sulfide) groups is 1. The number of allylic oxidation sites excluding steroid dienone is 2. The van der Waals surface area contributed by atoms with E-state index in [2.05, 4.69) is 19.9 Å². The second kappa shape index (κ2) is 6.66. The molecule has 0 aliphatic heterocycles. The molecule has 0 aromatic carbocycles. The first kappa shape index (κ1) is 17.1. The van der Waals surface area contributed by atoms with Crippen molar-refractivity contribution in [3.05, 3.63) is 17.2 Å². The molecule has 10 heteroatoms. The largest absolute Gasteiger partial charge is 0.504 e. The number of alkyl halides is 3. The van der Waals surface area contributed by atoms with Crippen molar-refractivity contribution in [3.8, 4) is 0 Å². The van der Waals surface area contributed by atoms with Crippen molar-refractivity contribution in [3.63, 3.8) is 0 Å². The van der Waals surface area contributed by atoms with E-state index < -0.39 is 23.3 Å². The van der Waals surface area contributed by atoms with Gasteiger partial charge >= 0.3 is 6.18 Å². The summed E-state index contributed by atoms with van der Waals surface area (Å²) in [5.41, 5.74) is -0.966. The van der Waals surface area contributed by atoms with Crippen LogP contribution in [0.3, 0.4) is 0 Å². The number of aliphatic hydroxyl groups is 1. The van der Waals surface area contributed by atoms with E-state index in [-0.39, 0.29) is 5.95 Å². The molecule has 0 saturated heterocycles. The Morgan fingerprint density at radius 1 is 1.33 bits per heavy atom. The smallest absolute Gasteiger partial charge is 0.449 e. The van der Waals surface area contributed by atoms with Crippen LogP contribution >= 0.6 is 11.8 Å². The third-order valence-electron chi connectivity index (χ3n) is 2.11. The first-order chi connectivity index (χ1) is 9.65. The molecular formula is C11H11F3N4O2S. The van der Waals surface area contributed by atoms with Crippen LogP contribution < -0.4 is 0 Å². The monoisotopic (exact) mass is 320 g/mol. The van der Waals surface area contributed by atoms with Gasteiger partial charge in [-0.2, -0.15) is 23.1 Å². The topological polar surface area (TPSA) is 88.3 Å². The molecule has 0 bridgehead atoms. The molecule has 0 fully saturated rings. The number of aryl methyl sites for hydroxylation is 1. The molecule has 0 aliphatic rings. The number of aliphatic imine (C=N–C) groups is 1. The lowest BCUT2D eigenvalue weighted by Crippen LogP contribution is -2.17. The minimum atomic E-state index is -5.04. The van der Waals surface area contributed by atoms with Crippen molar-refractivity contribution >= 4 is 29.7 Å². The number of nitrogens with zero attached hydrogens (tertiary/aromatic N) is 4. The van der Waals surface area contributed by atoms with Gasteiger partial charge in [-0.3, -0.25) is 4.79 Å². The minimum Gasteiger partial charge on any atom is -0.504 e. The molecule has 1 rings (SSSR count). The Labute approximate surface area is 122 Å². The third kappa shape index (κ3) is 4.81. The lowest BCUT2D eigenvalue weighted by atomic mass is 10.1. The number of aromatic nitrogens is 3. The molecule has 0 amide bonds. The standard InChI is InChI=1S/C11H11F3N4O2S/c1-5(19)7(8(20)11(12,13)14)4-15-9-16-6(2)17-10(18-9)21-3/h4,20H,1-3H3/b8-7+,15-4+. The van der Waals surface area contributed by atoms with Crippen LogP contribution in [0.15, 0.2) is 21.5 Å². The maximum absolute atomic E-state index is 12.4. The summed E-state index contributed by atoms with van der Waals surface area (Å²) < 4.78 is 37.2. The fourth-order valence-electron chi connectivity index (χ4n) is 1.19. The molecule has 0 radical (unpaired) electrons. The quantitative estimate of drug-likeness (QED) is 0.397. The van der Waals surface area contributed by atoms with Gasteiger partial charge in [0.1, 0.15) is 5.82 Å². The van der Waals surface area contributed by atoms with Crippen molar-refractivity contribution in [1.82, 2.24) is 15.0 Å². The van der Waals surface area contributed by atoms with Crippen molar-refractivity contribution < 1.29 is 23.1 Å². The van der Waals surface area contributed by atoms with E-state index in [1.807, 2.05) is 0 Å². The average molecular weight is 320 g/mol. The van der Waals surface area contributed by atoms with Gasteiger partial charge in [-0.05, 0) is 20.1 Å². The van der Waals surface area contributed by atoms with Crippen molar-refractivity contribution in [1.29, 1.82) is 0 Å². The number of rotatable bonds is 4. The van der Waals surface area contributed by atoms with E-state index in [1.165, 1.54) is 11.8 Å². The Hall–Kier alpha value is -1.97. The Morgan fingerprint density at radius 3 is 2.43 bits per heavy atom. The highest BCUT2D eigenvalue weighted by molar-refractivity contribution is 7.98. The Kier molecular flexibility index (Phi) is 5.41. The highest BCUT2D eigenvalue weighted by atomic mass is 32.2. The number of hydrogen-bond donors (Lipinski definition) is 1. The van der Waals surface area contributed by atoms with Crippen LogP contribution in [-0.2, 0) is 4.79 Å². The Morgan fingerprint density at radius 2 is 1.95 bits per heavy atom. The summed E-state index contributed by atoms with van der Waals surface area (Å²) in [6.45, 7) is 2.45. The molecule has 6 nitrogen and oxygen atoms in total. The molecule has 0 saturated carbocycles. The molecular weight excluding hydrogens is 309 g/mol. The van der Waals surface area contributed by atoms with Gasteiger partial charge in [0, 0.05) is 6.21 Å². The second-order valence-corrected chi connectivity index (χ2v) is 4.52. The van der Waals surface area contributed by atoms with E-state index in [9.17, 15) is 18.0 Å². The SMILES string of the molecule is CSc1nc(C)nc(/N=C/C(C(C)=O)=C(\O)C(F)(F)F)n1. The van der Waals surface area contributed by atoms with Crippen LogP contribution in [0, 0.1) is 6.92 Å². The first-order valence-corrected chi connectivity index (χ1v) is 6.69. The number of hydrogen-bond acceptors (Lipinski definition) is 7. The van der Waals surface area contributed by atoms with E-state index >= 15 is 0 Å². The molecule has 0 unspecified atom stereocenters. The van der Waals surface area contributed by atoms with Crippen molar-refractivity contribution in [2.45, 2.75) is 25.2 Å². The van der Waals surface area contributed by atoms with Crippen molar-refractivity contribution in [2.75, 3.05) is 6.26 Å². The molecule has 21 heavy (non-hydrogen) atoms. The Bertz CT molecular complexity index is 614. The van der Waals surface area contributed by atoms with E-state index in [0.717, 1.165) is 6.92 Å². The van der Waals surface area contributed by atoms with Gasteiger partial charge in [-0.15, -0.1) is 0 Å². The fraction of sp³-hybridized carbons (Fsp3) is 0.364. The molecule has 114 valence electrons. The first-order valence-electron chi connectivity index (χ1n) is 5.47. The molecule has 1 heterocycles. The zero-order chi connectivity index (χ0) is 16.2. The molecule has 1 aromatic rings. The fourth-order valence-corrected chi connectivity index (χ4v) is 1.58. The number of carbonyl (C=O) groups excluding carboxylic acids is 1. The zero-order valence-electron chi connectivity index (χ0n) is 11.3. The van der Waals surface area contributed by atoms with Crippen LogP contribution in [0.5, 0.6) is 0 Å². The van der Waals surface area contributed by atoms with Crippen molar-refractivity contribution in [2.24, 2.45) is 4.99 Å². The zero-order valence-corrected chi connectivity index (χ0v) is 12.1. The number of halogens is 3. The summed E-state index contributed by atoms with van der Waals surface area (Å²) in [6.07, 6.45) is -2.74. The maximum atomic E-state index is 12.4. The van der Waals surface area contributed by atoms with Gasteiger partial charge in [0.05, 0.1) is 5.57 Å². The van der Waals surface area contributed by atoms with E-state index in [1.54, 1.807) is 13.2 Å². The van der Waals surface area contributed by atoms with Gasteiger partial charge < -0.3 is 5.11 Å². The molecule has 0 spiro atoms. The summed E-state index contributed by atoms with van der Waals surface area (Å²) in [7, 11) is 0. The molecule has 0 aliphatic carbocycles. The predicted octanol–water partition coefficient (Wildman–Crippen LogP) is 2.57. The van der Waals surface area contributed by atoms with Crippen LogP contribution in [-0.4, -0.2) is 44.5 Å². The summed E-state index contributed by atoms with van der Waals surface area (Å²) >= 11 is 1.20. The summed E-state index contributed by atoms with van der Waals surface area (Å²) in [5, 5.41) is 9.37. The lowest BCUT2D eigenvalue weighted by Gasteiger charge is -2.07. The van der Waals surface area contributed by atoms with Gasteiger partial charge in [0.25, 0.3) is 5.95 Å². The van der Waals surface area contributed by atoms with Gasteiger partial charge in [-0.1, -0.05) is 11.8 Å². The van der Waals surface area contributed by atoms with E-state index in [0.29, 0.717) is 17.2 Å². The number of Topliss-reactive ketones (excluding diaryl/α,β-unsaturated/α-hetero) is 1. The summed E-state index contributed by atoms with van der Waals surface area (Å²) in [4.78, 5) is 26.4. The third-order valence-corrected chi connectivity index (χ3v) is 2.66. The molecule has 1 aromatic heterocycles. The Balaban J connectivity index is 3.22. The highest BCUT2D eigenvalue weighted by Gasteiger charge is 2.37.